The lowest BCUT2D eigenvalue weighted by Gasteiger charge is -2.34. The molecule has 4 rings (SSSR count). The van der Waals surface area contributed by atoms with E-state index in [1.54, 1.807) is 36.4 Å². The minimum atomic E-state index is -1.11. The highest BCUT2D eigenvalue weighted by Crippen LogP contribution is 2.35. The molecule has 0 aliphatic rings. The number of benzene rings is 3. The summed E-state index contributed by atoms with van der Waals surface area (Å²) in [6.07, 6.45) is 0. The van der Waals surface area contributed by atoms with Crippen LogP contribution in [-0.2, 0) is 22.7 Å². The fourth-order valence-corrected chi connectivity index (χ4v) is 4.30. The van der Waals surface area contributed by atoms with Crippen LogP contribution in [0.3, 0.4) is 0 Å². The first-order valence-corrected chi connectivity index (χ1v) is 12.5. The summed E-state index contributed by atoms with van der Waals surface area (Å²) in [5.41, 5.74) is 1.82. The minimum absolute atomic E-state index is 0.0222. The third-order valence-electron chi connectivity index (χ3n) is 6.08. The zero-order valence-electron chi connectivity index (χ0n) is 22.6. The number of hydrogen-bond donors (Lipinski definition) is 1. The number of methoxy groups -OCH3 is 2. The van der Waals surface area contributed by atoms with Crippen LogP contribution in [0.1, 0.15) is 37.9 Å². The van der Waals surface area contributed by atoms with E-state index in [1.807, 2.05) is 39.0 Å². The highest BCUT2D eigenvalue weighted by Gasteiger charge is 2.36. The lowest BCUT2D eigenvalue weighted by molar-refractivity contribution is -0.142. The van der Waals surface area contributed by atoms with Gasteiger partial charge in [-0.05, 0) is 68.8 Å². The molecule has 0 spiro atoms. The van der Waals surface area contributed by atoms with Crippen molar-refractivity contribution in [2.24, 2.45) is 0 Å². The second kappa shape index (κ2) is 11.5. The monoisotopic (exact) mass is 533 g/mol. The molecule has 4 aromatic rings. The van der Waals surface area contributed by atoms with Crippen molar-refractivity contribution in [1.29, 1.82) is 0 Å². The largest absolute Gasteiger partial charge is 0.497 e. The number of ether oxygens (including phenoxy) is 2. The second-order valence-electron chi connectivity index (χ2n) is 10.1. The standard InChI is InChI=1S/C29H32FN5O4/c1-29(2,3)31-28(37)27(22-16-21(38-4)14-15-25(22)39-5)34(17-19-10-12-20(30)13-11-19)26(36)18-35-24-9-7-6-8-23(24)32-33-35/h6-16,27H,17-18H2,1-5H3,(H,31,37)/t27-/m1/s1. The number of nitrogens with one attached hydrogen (secondary N) is 1. The molecule has 2 amide bonds. The number of nitrogens with zero attached hydrogens (tertiary/aromatic N) is 4. The summed E-state index contributed by atoms with van der Waals surface area (Å²) in [7, 11) is 3.02. The van der Waals surface area contributed by atoms with E-state index >= 15 is 0 Å². The highest BCUT2D eigenvalue weighted by atomic mass is 19.1. The van der Waals surface area contributed by atoms with Gasteiger partial charge in [0, 0.05) is 17.6 Å². The van der Waals surface area contributed by atoms with E-state index in [9.17, 15) is 14.0 Å². The molecule has 0 bridgehead atoms. The minimum Gasteiger partial charge on any atom is -0.497 e. The zero-order valence-corrected chi connectivity index (χ0v) is 22.6. The first kappa shape index (κ1) is 27.6. The maximum Gasteiger partial charge on any atom is 0.248 e. The Labute approximate surface area is 226 Å². The number of carbonyl (C=O) groups is 2. The predicted molar refractivity (Wildman–Crippen MR) is 145 cm³/mol. The number of fused-ring (bicyclic) bond motifs is 1. The van der Waals surface area contributed by atoms with Gasteiger partial charge < -0.3 is 19.7 Å². The Bertz CT molecular complexity index is 1460. The molecular formula is C29H32FN5O4. The Hall–Kier alpha value is -4.47. The summed E-state index contributed by atoms with van der Waals surface area (Å²) < 4.78 is 26.3. The van der Waals surface area contributed by atoms with E-state index in [2.05, 4.69) is 15.6 Å². The van der Waals surface area contributed by atoms with Gasteiger partial charge in [-0.1, -0.05) is 29.5 Å². The molecule has 0 saturated heterocycles. The van der Waals surface area contributed by atoms with Crippen LogP contribution in [0, 0.1) is 5.82 Å². The molecule has 0 aliphatic heterocycles. The Kier molecular flexibility index (Phi) is 8.13. The molecule has 1 heterocycles. The van der Waals surface area contributed by atoms with Crippen LogP contribution >= 0.6 is 0 Å². The van der Waals surface area contributed by atoms with Crippen LogP contribution in [0.25, 0.3) is 11.0 Å². The average Bonchev–Trinajstić information content (AvgIpc) is 3.31. The summed E-state index contributed by atoms with van der Waals surface area (Å²) in [6.45, 7) is 5.43. The molecule has 9 nitrogen and oxygen atoms in total. The molecule has 10 heteroatoms. The van der Waals surface area contributed by atoms with Crippen molar-refractivity contribution in [3.63, 3.8) is 0 Å². The number of carbonyl (C=O) groups excluding carboxylic acids is 2. The molecular weight excluding hydrogens is 501 g/mol. The van der Waals surface area contributed by atoms with Crippen molar-refractivity contribution in [1.82, 2.24) is 25.2 Å². The Balaban J connectivity index is 1.84. The Morgan fingerprint density at radius 3 is 2.41 bits per heavy atom. The van der Waals surface area contributed by atoms with E-state index in [-0.39, 0.29) is 13.1 Å². The van der Waals surface area contributed by atoms with Gasteiger partial charge in [0.05, 0.1) is 19.7 Å². The average molecular weight is 534 g/mol. The molecule has 39 heavy (non-hydrogen) atoms. The zero-order chi connectivity index (χ0) is 28.2. The molecule has 1 N–H and O–H groups in total. The van der Waals surface area contributed by atoms with E-state index in [4.69, 9.17) is 9.47 Å². The third-order valence-corrected chi connectivity index (χ3v) is 6.08. The maximum absolute atomic E-state index is 14.1. The molecule has 0 saturated carbocycles. The van der Waals surface area contributed by atoms with Crippen LogP contribution in [0.15, 0.2) is 66.7 Å². The van der Waals surface area contributed by atoms with Crippen LogP contribution in [0.2, 0.25) is 0 Å². The lowest BCUT2D eigenvalue weighted by Crippen LogP contribution is -2.49. The Morgan fingerprint density at radius 2 is 1.74 bits per heavy atom. The van der Waals surface area contributed by atoms with Crippen LogP contribution in [0.4, 0.5) is 4.39 Å². The van der Waals surface area contributed by atoms with Gasteiger partial charge in [-0.2, -0.15) is 0 Å². The van der Waals surface area contributed by atoms with Gasteiger partial charge in [0.2, 0.25) is 11.8 Å². The fourth-order valence-electron chi connectivity index (χ4n) is 4.30. The molecule has 0 unspecified atom stereocenters. The number of halogens is 1. The van der Waals surface area contributed by atoms with Crippen molar-refractivity contribution in [3.05, 3.63) is 83.7 Å². The van der Waals surface area contributed by atoms with E-state index in [0.717, 1.165) is 0 Å². The summed E-state index contributed by atoms with van der Waals surface area (Å²) >= 11 is 0. The Morgan fingerprint density at radius 1 is 1.03 bits per heavy atom. The molecule has 3 aromatic carbocycles. The SMILES string of the molecule is COc1ccc(OC)c([C@H](C(=O)NC(C)(C)C)N(Cc2ccc(F)cc2)C(=O)Cn2nnc3ccccc32)c1. The van der Waals surface area contributed by atoms with Gasteiger partial charge >= 0.3 is 0 Å². The van der Waals surface area contributed by atoms with Crippen molar-refractivity contribution in [2.75, 3.05) is 14.2 Å². The number of rotatable bonds is 9. The quantitative estimate of drug-likeness (QED) is 0.345. The number of hydrogen-bond acceptors (Lipinski definition) is 6. The first-order chi connectivity index (χ1) is 18.6. The highest BCUT2D eigenvalue weighted by molar-refractivity contribution is 5.90. The summed E-state index contributed by atoms with van der Waals surface area (Å²) in [6, 6.07) is 17.1. The van der Waals surface area contributed by atoms with Gasteiger partial charge in [-0.3, -0.25) is 9.59 Å². The summed E-state index contributed by atoms with van der Waals surface area (Å²) in [4.78, 5) is 29.5. The molecule has 204 valence electrons. The van der Waals surface area contributed by atoms with Gasteiger partial charge in [-0.25, -0.2) is 9.07 Å². The molecule has 0 fully saturated rings. The summed E-state index contributed by atoms with van der Waals surface area (Å²) in [5, 5.41) is 11.3. The van der Waals surface area contributed by atoms with Crippen molar-refractivity contribution < 1.29 is 23.5 Å². The van der Waals surface area contributed by atoms with Crippen molar-refractivity contribution >= 4 is 22.8 Å². The normalized spacial score (nSPS) is 12.2. The smallest absolute Gasteiger partial charge is 0.248 e. The second-order valence-corrected chi connectivity index (χ2v) is 10.1. The van der Waals surface area contributed by atoms with E-state index in [0.29, 0.717) is 33.7 Å². The molecule has 1 atom stereocenters. The van der Waals surface area contributed by atoms with E-state index in [1.165, 1.54) is 35.9 Å². The van der Waals surface area contributed by atoms with Gasteiger partial charge in [0.15, 0.2) is 0 Å². The maximum atomic E-state index is 14.1. The van der Waals surface area contributed by atoms with Crippen LogP contribution in [-0.4, -0.2) is 51.5 Å². The number of amides is 2. The lowest BCUT2D eigenvalue weighted by atomic mass is 9.99. The molecule has 0 radical (unpaired) electrons. The molecule has 0 aliphatic carbocycles. The van der Waals surface area contributed by atoms with Crippen molar-refractivity contribution in [3.8, 4) is 11.5 Å². The predicted octanol–water partition coefficient (Wildman–Crippen LogP) is 4.27. The topological polar surface area (TPSA) is 98.6 Å². The van der Waals surface area contributed by atoms with Crippen LogP contribution in [0.5, 0.6) is 11.5 Å². The summed E-state index contributed by atoms with van der Waals surface area (Å²) in [5.74, 6) is -0.298. The molecule has 1 aromatic heterocycles. The number of para-hydroxylation sites is 1. The number of aromatic nitrogens is 3. The fraction of sp³-hybridized carbons (Fsp3) is 0.310. The van der Waals surface area contributed by atoms with Crippen LogP contribution < -0.4 is 14.8 Å². The van der Waals surface area contributed by atoms with Gasteiger partial charge in [0.1, 0.15) is 35.4 Å². The van der Waals surface area contributed by atoms with E-state index < -0.39 is 29.2 Å². The van der Waals surface area contributed by atoms with Crippen molar-refractivity contribution in [2.45, 2.75) is 45.4 Å². The van der Waals surface area contributed by atoms with Gasteiger partial charge in [-0.15, -0.1) is 5.10 Å². The first-order valence-electron chi connectivity index (χ1n) is 12.5. The van der Waals surface area contributed by atoms with Gasteiger partial charge in [0.25, 0.3) is 0 Å². The third kappa shape index (κ3) is 6.51.